The largest absolute Gasteiger partial charge is 0.353 e. The predicted molar refractivity (Wildman–Crippen MR) is 58.1 cm³/mol. The summed E-state index contributed by atoms with van der Waals surface area (Å²) in [5.74, 6) is 0.299. The average molecular weight is 198 g/mol. The summed E-state index contributed by atoms with van der Waals surface area (Å²) in [7, 11) is 0. The van der Waals surface area contributed by atoms with Crippen molar-refractivity contribution in [2.24, 2.45) is 5.92 Å². The van der Waals surface area contributed by atoms with Gasteiger partial charge in [0.05, 0.1) is 0 Å². The summed E-state index contributed by atoms with van der Waals surface area (Å²) in [6.45, 7) is 5.75. The van der Waals surface area contributed by atoms with Crippen molar-refractivity contribution in [3.8, 4) is 0 Å². The van der Waals surface area contributed by atoms with Gasteiger partial charge in [-0.1, -0.05) is 26.7 Å². The van der Waals surface area contributed by atoms with Gasteiger partial charge in [-0.25, -0.2) is 0 Å². The van der Waals surface area contributed by atoms with Crippen LogP contribution in [0.15, 0.2) is 0 Å². The molecule has 1 amide bonds. The second-order valence-electron chi connectivity index (χ2n) is 4.20. The Kier molecular flexibility index (Phi) is 4.94. The fourth-order valence-corrected chi connectivity index (χ4v) is 1.87. The van der Waals surface area contributed by atoms with Gasteiger partial charge in [0.1, 0.15) is 0 Å². The molecule has 1 aliphatic carbocycles. The molecular formula is C11H22N2O. The molecule has 3 heteroatoms. The SMILES string of the molecule is CCNCC(C)C(=O)NC1CCCC1. The Bertz CT molecular complexity index is 176. The third kappa shape index (κ3) is 3.66. The molecule has 1 unspecified atom stereocenters. The minimum atomic E-state index is 0.0931. The van der Waals surface area contributed by atoms with E-state index in [9.17, 15) is 4.79 Å². The molecule has 14 heavy (non-hydrogen) atoms. The van der Waals surface area contributed by atoms with E-state index in [0.29, 0.717) is 6.04 Å². The zero-order valence-corrected chi connectivity index (χ0v) is 9.31. The first-order chi connectivity index (χ1) is 6.74. The van der Waals surface area contributed by atoms with Crippen molar-refractivity contribution in [1.82, 2.24) is 10.6 Å². The standard InChI is InChI=1S/C11H22N2O/c1-3-12-8-9(2)11(14)13-10-6-4-5-7-10/h9-10,12H,3-8H2,1-2H3,(H,13,14). The van der Waals surface area contributed by atoms with Crippen molar-refractivity contribution < 1.29 is 4.79 Å². The average Bonchev–Trinajstić information content (AvgIpc) is 2.66. The zero-order chi connectivity index (χ0) is 10.4. The van der Waals surface area contributed by atoms with Gasteiger partial charge in [-0.05, 0) is 19.4 Å². The summed E-state index contributed by atoms with van der Waals surface area (Å²) in [6, 6.07) is 0.451. The molecule has 3 nitrogen and oxygen atoms in total. The summed E-state index contributed by atoms with van der Waals surface area (Å²) in [5.41, 5.74) is 0. The molecule has 0 saturated heterocycles. The van der Waals surface area contributed by atoms with Gasteiger partial charge in [-0.3, -0.25) is 4.79 Å². The first-order valence-electron chi connectivity index (χ1n) is 5.75. The lowest BCUT2D eigenvalue weighted by molar-refractivity contribution is -0.125. The van der Waals surface area contributed by atoms with Crippen molar-refractivity contribution >= 4 is 5.91 Å². The van der Waals surface area contributed by atoms with Crippen LogP contribution in [0, 0.1) is 5.92 Å². The zero-order valence-electron chi connectivity index (χ0n) is 9.31. The highest BCUT2D eigenvalue weighted by molar-refractivity contribution is 5.78. The van der Waals surface area contributed by atoms with Crippen LogP contribution in [0.1, 0.15) is 39.5 Å². The van der Waals surface area contributed by atoms with Crippen molar-refractivity contribution in [1.29, 1.82) is 0 Å². The number of rotatable bonds is 5. The third-order valence-electron chi connectivity index (χ3n) is 2.85. The number of amides is 1. The van der Waals surface area contributed by atoms with Gasteiger partial charge in [-0.2, -0.15) is 0 Å². The Hall–Kier alpha value is -0.570. The van der Waals surface area contributed by atoms with E-state index in [0.717, 1.165) is 13.1 Å². The van der Waals surface area contributed by atoms with Crippen molar-refractivity contribution in [2.75, 3.05) is 13.1 Å². The van der Waals surface area contributed by atoms with Crippen LogP contribution in [0.2, 0.25) is 0 Å². The Morgan fingerprint density at radius 1 is 1.43 bits per heavy atom. The molecule has 0 radical (unpaired) electrons. The summed E-state index contributed by atoms with van der Waals surface area (Å²) in [6.07, 6.45) is 4.87. The molecule has 2 N–H and O–H groups in total. The monoisotopic (exact) mass is 198 g/mol. The smallest absolute Gasteiger partial charge is 0.224 e. The van der Waals surface area contributed by atoms with Gasteiger partial charge >= 0.3 is 0 Å². The molecule has 1 aliphatic rings. The summed E-state index contributed by atoms with van der Waals surface area (Å²) >= 11 is 0. The Balaban J connectivity index is 2.18. The Morgan fingerprint density at radius 2 is 2.07 bits per heavy atom. The van der Waals surface area contributed by atoms with E-state index >= 15 is 0 Å². The molecule has 1 atom stereocenters. The topological polar surface area (TPSA) is 41.1 Å². The van der Waals surface area contributed by atoms with E-state index in [1.807, 2.05) is 6.92 Å². The quantitative estimate of drug-likeness (QED) is 0.699. The Labute approximate surface area is 86.6 Å². The lowest BCUT2D eigenvalue weighted by atomic mass is 10.1. The van der Waals surface area contributed by atoms with Gasteiger partial charge in [-0.15, -0.1) is 0 Å². The van der Waals surface area contributed by atoms with E-state index in [1.54, 1.807) is 0 Å². The summed E-state index contributed by atoms with van der Waals surface area (Å²) < 4.78 is 0. The van der Waals surface area contributed by atoms with E-state index in [-0.39, 0.29) is 11.8 Å². The number of carbonyl (C=O) groups is 1. The summed E-state index contributed by atoms with van der Waals surface area (Å²) in [4.78, 5) is 11.7. The molecule has 0 aromatic rings. The Morgan fingerprint density at radius 3 is 2.64 bits per heavy atom. The fourth-order valence-electron chi connectivity index (χ4n) is 1.87. The number of carbonyl (C=O) groups excluding carboxylic acids is 1. The normalized spacial score (nSPS) is 19.6. The van der Waals surface area contributed by atoms with E-state index in [4.69, 9.17) is 0 Å². The van der Waals surface area contributed by atoms with Crippen LogP contribution in [0.4, 0.5) is 0 Å². The van der Waals surface area contributed by atoms with Crippen molar-refractivity contribution in [3.05, 3.63) is 0 Å². The second kappa shape index (κ2) is 6.02. The molecule has 0 spiro atoms. The van der Waals surface area contributed by atoms with Crippen LogP contribution in [0.5, 0.6) is 0 Å². The highest BCUT2D eigenvalue weighted by atomic mass is 16.1. The minimum absolute atomic E-state index is 0.0931. The summed E-state index contributed by atoms with van der Waals surface area (Å²) in [5, 5.41) is 6.30. The molecule has 82 valence electrons. The van der Waals surface area contributed by atoms with Gasteiger partial charge in [0, 0.05) is 18.5 Å². The van der Waals surface area contributed by atoms with Crippen molar-refractivity contribution in [3.63, 3.8) is 0 Å². The number of hydrogen-bond acceptors (Lipinski definition) is 2. The molecule has 0 aliphatic heterocycles. The molecule has 1 fully saturated rings. The third-order valence-corrected chi connectivity index (χ3v) is 2.85. The molecule has 0 heterocycles. The second-order valence-corrected chi connectivity index (χ2v) is 4.20. The van der Waals surface area contributed by atoms with Crippen LogP contribution in [0.3, 0.4) is 0 Å². The predicted octanol–water partition coefficient (Wildman–Crippen LogP) is 1.29. The van der Waals surface area contributed by atoms with Crippen LogP contribution < -0.4 is 10.6 Å². The molecule has 0 bridgehead atoms. The number of hydrogen-bond donors (Lipinski definition) is 2. The maximum atomic E-state index is 11.7. The highest BCUT2D eigenvalue weighted by Crippen LogP contribution is 2.17. The van der Waals surface area contributed by atoms with Gasteiger partial charge in [0.25, 0.3) is 0 Å². The first kappa shape index (κ1) is 11.5. The number of nitrogens with one attached hydrogen (secondary N) is 2. The molecule has 1 rings (SSSR count). The minimum Gasteiger partial charge on any atom is -0.353 e. The van der Waals surface area contributed by atoms with Crippen molar-refractivity contribution in [2.45, 2.75) is 45.6 Å². The van der Waals surface area contributed by atoms with Crippen LogP contribution >= 0.6 is 0 Å². The fraction of sp³-hybridized carbons (Fsp3) is 0.909. The van der Waals surface area contributed by atoms with Gasteiger partial charge in [0.2, 0.25) is 5.91 Å². The van der Waals surface area contributed by atoms with Gasteiger partial charge in [0.15, 0.2) is 0 Å². The van der Waals surface area contributed by atoms with Gasteiger partial charge < -0.3 is 10.6 Å². The lowest BCUT2D eigenvalue weighted by Gasteiger charge is -2.16. The van der Waals surface area contributed by atoms with Crippen LogP contribution in [0.25, 0.3) is 0 Å². The molecule has 0 aromatic heterocycles. The molecule has 1 saturated carbocycles. The lowest BCUT2D eigenvalue weighted by Crippen LogP contribution is -2.39. The first-order valence-corrected chi connectivity index (χ1v) is 5.75. The van der Waals surface area contributed by atoms with Crippen LogP contribution in [-0.4, -0.2) is 25.0 Å². The van der Waals surface area contributed by atoms with Crippen LogP contribution in [-0.2, 0) is 4.79 Å². The molecular weight excluding hydrogens is 176 g/mol. The van der Waals surface area contributed by atoms with E-state index < -0.39 is 0 Å². The van der Waals surface area contributed by atoms with E-state index in [1.165, 1.54) is 25.7 Å². The highest BCUT2D eigenvalue weighted by Gasteiger charge is 2.19. The molecule has 0 aromatic carbocycles. The maximum Gasteiger partial charge on any atom is 0.224 e. The van der Waals surface area contributed by atoms with E-state index in [2.05, 4.69) is 17.6 Å². The maximum absolute atomic E-state index is 11.7.